The van der Waals surface area contributed by atoms with Crippen LogP contribution in [0.1, 0.15) is 26.2 Å². The molecule has 0 aromatic heterocycles. The van der Waals surface area contributed by atoms with Crippen molar-refractivity contribution in [3.05, 3.63) is 0 Å². The molecular weight excluding hydrogens is 249 g/mol. The van der Waals surface area contributed by atoms with Crippen molar-refractivity contribution in [1.29, 1.82) is 0 Å². The molecule has 0 bridgehead atoms. The van der Waals surface area contributed by atoms with Crippen molar-refractivity contribution >= 4 is 5.97 Å². The predicted octanol–water partition coefficient (Wildman–Crippen LogP) is 2.54. The van der Waals surface area contributed by atoms with Crippen LogP contribution in [0.25, 0.3) is 0 Å². The van der Waals surface area contributed by atoms with E-state index >= 15 is 0 Å². The second-order valence-electron chi connectivity index (χ2n) is 5.22. The molecule has 6 heteroatoms. The van der Waals surface area contributed by atoms with Gasteiger partial charge in [-0.3, -0.25) is 4.79 Å². The average molecular weight is 266 g/mol. The van der Waals surface area contributed by atoms with Gasteiger partial charge < -0.3 is 9.47 Å². The Hall–Kier alpha value is -0.780. The summed E-state index contributed by atoms with van der Waals surface area (Å²) in [6.07, 6.45) is -4.40. The maximum Gasteiger partial charge on any atom is 0.391 e. The zero-order chi connectivity index (χ0) is 13.5. The molecule has 18 heavy (non-hydrogen) atoms. The van der Waals surface area contributed by atoms with E-state index in [0.29, 0.717) is 6.42 Å². The van der Waals surface area contributed by atoms with E-state index in [-0.39, 0.29) is 24.9 Å². The zero-order valence-corrected chi connectivity index (χ0v) is 10.4. The molecule has 2 aliphatic rings. The Labute approximate surface area is 104 Å². The van der Waals surface area contributed by atoms with E-state index in [2.05, 4.69) is 4.74 Å². The molecule has 0 amide bonds. The lowest BCUT2D eigenvalue weighted by molar-refractivity contribution is -0.202. The van der Waals surface area contributed by atoms with Crippen molar-refractivity contribution in [2.45, 2.75) is 44.6 Å². The van der Waals surface area contributed by atoms with Crippen LogP contribution in [0, 0.1) is 17.8 Å². The average Bonchev–Trinajstić information content (AvgIpc) is 2.65. The van der Waals surface area contributed by atoms with Crippen LogP contribution in [0.4, 0.5) is 13.2 Å². The van der Waals surface area contributed by atoms with Crippen molar-refractivity contribution in [3.63, 3.8) is 0 Å². The summed E-state index contributed by atoms with van der Waals surface area (Å²) in [5.74, 6) is -2.83. The Morgan fingerprint density at radius 1 is 1.28 bits per heavy atom. The van der Waals surface area contributed by atoms with Crippen LogP contribution in [-0.4, -0.2) is 31.5 Å². The van der Waals surface area contributed by atoms with Crippen molar-refractivity contribution < 1.29 is 27.4 Å². The van der Waals surface area contributed by atoms with Crippen molar-refractivity contribution in [3.8, 4) is 0 Å². The second-order valence-corrected chi connectivity index (χ2v) is 5.22. The number of hydrogen-bond donors (Lipinski definition) is 0. The van der Waals surface area contributed by atoms with Crippen LogP contribution in [0.15, 0.2) is 0 Å². The monoisotopic (exact) mass is 266 g/mol. The number of alkyl halides is 3. The van der Waals surface area contributed by atoms with Crippen LogP contribution in [0.2, 0.25) is 0 Å². The minimum atomic E-state index is -4.27. The predicted molar refractivity (Wildman–Crippen MR) is 56.7 cm³/mol. The molecule has 0 aromatic rings. The number of methoxy groups -OCH3 is 1. The maximum absolute atomic E-state index is 12.8. The van der Waals surface area contributed by atoms with Gasteiger partial charge in [0.15, 0.2) is 0 Å². The maximum atomic E-state index is 12.8. The Morgan fingerprint density at radius 2 is 1.94 bits per heavy atom. The normalized spacial score (nSPS) is 40.4. The standard InChI is InChI=1S/C12H17F3O3/c1-6-3-8-9(11(16)17-2)4-7(12(13,14)15)5-10(8)18-6/h6-10H,3-5H2,1-2H3/t6-,7-,8+,9-,10-/m0/s1. The van der Waals surface area contributed by atoms with Crippen LogP contribution < -0.4 is 0 Å². The third kappa shape index (κ3) is 2.48. The van der Waals surface area contributed by atoms with E-state index in [9.17, 15) is 18.0 Å². The third-order valence-corrected chi connectivity index (χ3v) is 4.03. The van der Waals surface area contributed by atoms with Crippen molar-refractivity contribution in [1.82, 2.24) is 0 Å². The van der Waals surface area contributed by atoms with E-state index in [0.717, 1.165) is 0 Å². The highest BCUT2D eigenvalue weighted by atomic mass is 19.4. The number of carbonyl (C=O) groups is 1. The van der Waals surface area contributed by atoms with Crippen LogP contribution in [0.3, 0.4) is 0 Å². The highest BCUT2D eigenvalue weighted by molar-refractivity contribution is 5.73. The molecule has 0 spiro atoms. The fourth-order valence-corrected chi connectivity index (χ4v) is 3.19. The summed E-state index contributed by atoms with van der Waals surface area (Å²) in [7, 11) is 1.22. The van der Waals surface area contributed by atoms with Gasteiger partial charge in [-0.2, -0.15) is 13.2 Å². The number of hydrogen-bond acceptors (Lipinski definition) is 3. The molecule has 0 N–H and O–H groups in total. The summed E-state index contributed by atoms with van der Waals surface area (Å²) in [4.78, 5) is 11.6. The van der Waals surface area contributed by atoms with E-state index in [1.807, 2.05) is 6.92 Å². The molecule has 2 rings (SSSR count). The number of carbonyl (C=O) groups excluding carboxylic acids is 1. The minimum absolute atomic E-state index is 0.0357. The molecular formula is C12H17F3O3. The molecule has 0 aromatic carbocycles. The molecule has 1 aliphatic heterocycles. The molecule has 0 unspecified atom stereocenters. The summed E-state index contributed by atoms with van der Waals surface area (Å²) in [6, 6.07) is 0. The van der Waals surface area contributed by atoms with E-state index in [1.165, 1.54) is 7.11 Å². The van der Waals surface area contributed by atoms with Gasteiger partial charge in [-0.15, -0.1) is 0 Å². The molecule has 1 heterocycles. The quantitative estimate of drug-likeness (QED) is 0.684. The minimum Gasteiger partial charge on any atom is -0.469 e. The number of rotatable bonds is 1. The molecule has 0 radical (unpaired) electrons. The Kier molecular flexibility index (Phi) is 3.58. The molecule has 1 saturated carbocycles. The lowest BCUT2D eigenvalue weighted by Crippen LogP contribution is -2.42. The highest BCUT2D eigenvalue weighted by Crippen LogP contribution is 2.48. The van der Waals surface area contributed by atoms with Gasteiger partial charge in [0, 0.05) is 5.92 Å². The zero-order valence-electron chi connectivity index (χ0n) is 10.4. The molecule has 3 nitrogen and oxygen atoms in total. The molecule has 2 fully saturated rings. The van der Waals surface area contributed by atoms with E-state index < -0.39 is 30.1 Å². The summed E-state index contributed by atoms with van der Waals surface area (Å²) < 4.78 is 48.6. The Bertz CT molecular complexity index is 329. The topological polar surface area (TPSA) is 35.5 Å². The number of ether oxygens (including phenoxy) is 2. The summed E-state index contributed by atoms with van der Waals surface area (Å²) in [6.45, 7) is 1.83. The van der Waals surface area contributed by atoms with Crippen LogP contribution in [0.5, 0.6) is 0 Å². The van der Waals surface area contributed by atoms with Crippen LogP contribution in [-0.2, 0) is 14.3 Å². The summed E-state index contributed by atoms with van der Waals surface area (Å²) >= 11 is 0. The summed E-state index contributed by atoms with van der Waals surface area (Å²) in [5, 5.41) is 0. The van der Waals surface area contributed by atoms with Crippen molar-refractivity contribution in [2.75, 3.05) is 7.11 Å². The van der Waals surface area contributed by atoms with Gasteiger partial charge in [0.2, 0.25) is 0 Å². The fraction of sp³-hybridized carbons (Fsp3) is 0.917. The van der Waals surface area contributed by atoms with Gasteiger partial charge in [-0.25, -0.2) is 0 Å². The molecule has 1 aliphatic carbocycles. The first kappa shape index (κ1) is 13.6. The number of fused-ring (bicyclic) bond motifs is 1. The SMILES string of the molecule is COC(=O)[C@H]1C[C@H](C(F)(F)F)C[C@@H]2O[C@@H](C)C[C@@H]21. The smallest absolute Gasteiger partial charge is 0.391 e. The van der Waals surface area contributed by atoms with Gasteiger partial charge in [0.25, 0.3) is 0 Å². The Balaban J connectivity index is 2.18. The van der Waals surface area contributed by atoms with Gasteiger partial charge in [-0.1, -0.05) is 0 Å². The third-order valence-electron chi connectivity index (χ3n) is 4.03. The van der Waals surface area contributed by atoms with Gasteiger partial charge in [0.1, 0.15) is 0 Å². The van der Waals surface area contributed by atoms with Crippen LogP contribution >= 0.6 is 0 Å². The largest absolute Gasteiger partial charge is 0.469 e. The van der Waals surface area contributed by atoms with Gasteiger partial charge in [-0.05, 0) is 26.2 Å². The van der Waals surface area contributed by atoms with Gasteiger partial charge in [0.05, 0.1) is 31.2 Å². The second kappa shape index (κ2) is 4.72. The first-order chi connectivity index (χ1) is 8.32. The fourth-order valence-electron chi connectivity index (χ4n) is 3.19. The Morgan fingerprint density at radius 3 is 2.50 bits per heavy atom. The molecule has 1 saturated heterocycles. The number of esters is 1. The lowest BCUT2D eigenvalue weighted by Gasteiger charge is -2.36. The van der Waals surface area contributed by atoms with Crippen molar-refractivity contribution in [2.24, 2.45) is 17.8 Å². The first-order valence-corrected chi connectivity index (χ1v) is 6.13. The van der Waals surface area contributed by atoms with E-state index in [1.54, 1.807) is 0 Å². The van der Waals surface area contributed by atoms with E-state index in [4.69, 9.17) is 4.74 Å². The number of halogens is 3. The first-order valence-electron chi connectivity index (χ1n) is 6.13. The van der Waals surface area contributed by atoms with Gasteiger partial charge >= 0.3 is 12.1 Å². The highest BCUT2D eigenvalue weighted by Gasteiger charge is 2.53. The summed E-state index contributed by atoms with van der Waals surface area (Å²) in [5.41, 5.74) is 0. The lowest BCUT2D eigenvalue weighted by atomic mass is 9.71. The molecule has 5 atom stereocenters. The molecule has 104 valence electrons.